The predicted molar refractivity (Wildman–Crippen MR) is 54.4 cm³/mol. The molecule has 0 heterocycles. The molecule has 0 spiro atoms. The summed E-state index contributed by atoms with van der Waals surface area (Å²) >= 11 is 0. The average Bonchev–Trinajstić information content (AvgIpc) is 2.02. The summed E-state index contributed by atoms with van der Waals surface area (Å²) in [5, 5.41) is 0. The molecule has 0 saturated carbocycles. The fourth-order valence-corrected chi connectivity index (χ4v) is 1.05. The van der Waals surface area contributed by atoms with Gasteiger partial charge in [0.2, 0.25) is 0 Å². The Balaban J connectivity index is 3.87. The maximum atomic E-state index is 10.7. The molecule has 0 aromatic heterocycles. The van der Waals surface area contributed by atoms with Gasteiger partial charge >= 0.3 is 5.97 Å². The van der Waals surface area contributed by atoms with Crippen LogP contribution in [0.3, 0.4) is 0 Å². The van der Waals surface area contributed by atoms with E-state index in [0.717, 1.165) is 24.8 Å². The van der Waals surface area contributed by atoms with Crippen molar-refractivity contribution in [2.75, 3.05) is 0 Å². The molecule has 13 heavy (non-hydrogen) atoms. The first-order chi connectivity index (χ1) is 6.07. The molecule has 0 rings (SSSR count). The topological polar surface area (TPSA) is 26.3 Å². The van der Waals surface area contributed by atoms with Crippen molar-refractivity contribution in [1.82, 2.24) is 0 Å². The van der Waals surface area contributed by atoms with Crippen LogP contribution in [0.1, 0.15) is 33.1 Å². The van der Waals surface area contributed by atoms with Gasteiger partial charge in [0, 0.05) is 6.92 Å². The lowest BCUT2D eigenvalue weighted by Crippen LogP contribution is -2.16. The summed E-state index contributed by atoms with van der Waals surface area (Å²) < 4.78 is 5.09. The number of ether oxygens (including phenoxy) is 1. The van der Waals surface area contributed by atoms with E-state index in [-0.39, 0.29) is 12.1 Å². The minimum Gasteiger partial charge on any atom is -0.458 e. The van der Waals surface area contributed by atoms with Gasteiger partial charge in [-0.1, -0.05) is 12.7 Å². The van der Waals surface area contributed by atoms with Crippen molar-refractivity contribution in [3.05, 3.63) is 24.8 Å². The number of hydrogen-bond acceptors (Lipinski definition) is 2. The second kappa shape index (κ2) is 6.46. The third kappa shape index (κ3) is 6.14. The third-order valence-corrected chi connectivity index (χ3v) is 1.73. The van der Waals surface area contributed by atoms with Crippen LogP contribution in [0.5, 0.6) is 0 Å². The number of carbonyl (C=O) groups excluding carboxylic acids is 1. The molecule has 0 aromatic rings. The summed E-state index contributed by atoms with van der Waals surface area (Å²) in [4.78, 5) is 10.7. The highest BCUT2D eigenvalue weighted by Gasteiger charge is 2.11. The van der Waals surface area contributed by atoms with Crippen LogP contribution in [0.4, 0.5) is 0 Å². The van der Waals surface area contributed by atoms with E-state index in [4.69, 9.17) is 4.74 Å². The first-order valence-electron chi connectivity index (χ1n) is 4.51. The minimum absolute atomic E-state index is 0.127. The van der Waals surface area contributed by atoms with E-state index in [1.54, 1.807) is 0 Å². The van der Waals surface area contributed by atoms with Gasteiger partial charge in [-0.3, -0.25) is 4.79 Å². The molecular weight excluding hydrogens is 164 g/mol. The van der Waals surface area contributed by atoms with E-state index >= 15 is 0 Å². The SMILES string of the molecule is C=CCCCC(OC(C)=O)C(=C)C. The van der Waals surface area contributed by atoms with Crippen LogP contribution in [-0.2, 0) is 9.53 Å². The average molecular weight is 182 g/mol. The molecule has 2 heteroatoms. The van der Waals surface area contributed by atoms with Crippen LogP contribution < -0.4 is 0 Å². The summed E-state index contributed by atoms with van der Waals surface area (Å²) in [6, 6.07) is 0. The predicted octanol–water partition coefficient (Wildman–Crippen LogP) is 2.85. The Kier molecular flexibility index (Phi) is 5.94. The van der Waals surface area contributed by atoms with Gasteiger partial charge in [-0.25, -0.2) is 0 Å². The van der Waals surface area contributed by atoms with Gasteiger partial charge in [-0.05, 0) is 31.8 Å². The fourth-order valence-electron chi connectivity index (χ4n) is 1.05. The van der Waals surface area contributed by atoms with Crippen LogP contribution >= 0.6 is 0 Å². The van der Waals surface area contributed by atoms with E-state index in [1.807, 2.05) is 13.0 Å². The number of carbonyl (C=O) groups is 1. The monoisotopic (exact) mass is 182 g/mol. The van der Waals surface area contributed by atoms with E-state index in [0.29, 0.717) is 0 Å². The number of allylic oxidation sites excluding steroid dienone is 1. The largest absolute Gasteiger partial charge is 0.458 e. The van der Waals surface area contributed by atoms with Crippen LogP contribution in [0.15, 0.2) is 24.8 Å². The van der Waals surface area contributed by atoms with Crippen LogP contribution in [0.2, 0.25) is 0 Å². The van der Waals surface area contributed by atoms with E-state index in [9.17, 15) is 4.79 Å². The van der Waals surface area contributed by atoms with Crippen molar-refractivity contribution >= 4 is 5.97 Å². The summed E-state index contributed by atoms with van der Waals surface area (Å²) in [6.45, 7) is 10.7. The highest BCUT2D eigenvalue weighted by atomic mass is 16.5. The lowest BCUT2D eigenvalue weighted by Gasteiger charge is -2.16. The molecule has 2 nitrogen and oxygen atoms in total. The van der Waals surface area contributed by atoms with E-state index in [1.165, 1.54) is 6.92 Å². The lowest BCUT2D eigenvalue weighted by atomic mass is 10.1. The van der Waals surface area contributed by atoms with Gasteiger partial charge in [-0.2, -0.15) is 0 Å². The fraction of sp³-hybridized carbons (Fsp3) is 0.545. The standard InChI is InChI=1S/C11H18O2/c1-5-6-7-8-11(9(2)3)13-10(4)12/h5,11H,1-2,6-8H2,3-4H3. The lowest BCUT2D eigenvalue weighted by molar-refractivity contribution is -0.144. The normalized spacial score (nSPS) is 11.8. The van der Waals surface area contributed by atoms with Gasteiger partial charge in [0.05, 0.1) is 0 Å². The van der Waals surface area contributed by atoms with Crippen LogP contribution in [-0.4, -0.2) is 12.1 Å². The first kappa shape index (κ1) is 11.9. The van der Waals surface area contributed by atoms with Crippen LogP contribution in [0, 0.1) is 0 Å². The molecule has 0 aromatic carbocycles. The van der Waals surface area contributed by atoms with Crippen molar-refractivity contribution in [2.24, 2.45) is 0 Å². The molecular formula is C11H18O2. The molecule has 0 aliphatic heterocycles. The van der Waals surface area contributed by atoms with Gasteiger partial charge in [0.15, 0.2) is 0 Å². The Morgan fingerprint density at radius 3 is 2.54 bits per heavy atom. The highest BCUT2D eigenvalue weighted by molar-refractivity contribution is 5.66. The van der Waals surface area contributed by atoms with Crippen molar-refractivity contribution in [1.29, 1.82) is 0 Å². The smallest absolute Gasteiger partial charge is 0.303 e. The van der Waals surface area contributed by atoms with Crippen LogP contribution in [0.25, 0.3) is 0 Å². The number of esters is 1. The number of rotatable bonds is 6. The summed E-state index contributed by atoms with van der Waals surface area (Å²) in [6.07, 6.45) is 4.50. The van der Waals surface area contributed by atoms with E-state index in [2.05, 4.69) is 13.2 Å². The Bertz CT molecular complexity index is 194. The zero-order valence-corrected chi connectivity index (χ0v) is 8.51. The Morgan fingerprint density at radius 2 is 2.15 bits per heavy atom. The molecule has 0 fully saturated rings. The molecule has 0 bridgehead atoms. The maximum Gasteiger partial charge on any atom is 0.303 e. The number of unbranched alkanes of at least 4 members (excludes halogenated alkanes) is 1. The molecule has 74 valence electrons. The van der Waals surface area contributed by atoms with Gasteiger partial charge < -0.3 is 4.74 Å². The molecule has 0 aliphatic carbocycles. The summed E-state index contributed by atoms with van der Waals surface area (Å²) in [5.74, 6) is -0.244. The second-order valence-electron chi connectivity index (χ2n) is 3.16. The Hall–Kier alpha value is -1.05. The quantitative estimate of drug-likeness (QED) is 0.358. The number of hydrogen-bond donors (Lipinski definition) is 0. The minimum atomic E-state index is -0.244. The first-order valence-corrected chi connectivity index (χ1v) is 4.51. The Morgan fingerprint density at radius 1 is 1.54 bits per heavy atom. The van der Waals surface area contributed by atoms with Gasteiger partial charge in [0.25, 0.3) is 0 Å². The zero-order chi connectivity index (χ0) is 10.3. The zero-order valence-electron chi connectivity index (χ0n) is 8.51. The highest BCUT2D eigenvalue weighted by Crippen LogP contribution is 2.12. The van der Waals surface area contributed by atoms with Gasteiger partial charge in [0.1, 0.15) is 6.10 Å². The molecule has 0 aliphatic rings. The molecule has 1 unspecified atom stereocenters. The molecule has 0 saturated heterocycles. The van der Waals surface area contributed by atoms with Crippen molar-refractivity contribution < 1.29 is 9.53 Å². The second-order valence-corrected chi connectivity index (χ2v) is 3.16. The summed E-state index contributed by atoms with van der Waals surface area (Å²) in [7, 11) is 0. The van der Waals surface area contributed by atoms with Gasteiger partial charge in [-0.15, -0.1) is 6.58 Å². The molecule has 1 atom stereocenters. The Labute approximate surface area is 80.3 Å². The van der Waals surface area contributed by atoms with Crippen molar-refractivity contribution in [3.63, 3.8) is 0 Å². The maximum absolute atomic E-state index is 10.7. The summed E-state index contributed by atoms with van der Waals surface area (Å²) in [5.41, 5.74) is 0.902. The molecule has 0 amide bonds. The van der Waals surface area contributed by atoms with Crippen molar-refractivity contribution in [2.45, 2.75) is 39.2 Å². The molecule has 0 N–H and O–H groups in total. The van der Waals surface area contributed by atoms with E-state index < -0.39 is 0 Å². The third-order valence-electron chi connectivity index (χ3n) is 1.73. The van der Waals surface area contributed by atoms with Crippen molar-refractivity contribution in [3.8, 4) is 0 Å². The molecule has 0 radical (unpaired) electrons.